The lowest BCUT2D eigenvalue weighted by molar-refractivity contribution is 0.404. The molecule has 1 fully saturated rings. The maximum Gasteiger partial charge on any atom is 0.212 e. The molecule has 0 atom stereocenters. The van der Waals surface area contributed by atoms with Crippen molar-refractivity contribution < 1.29 is 8.42 Å². The molecule has 0 aliphatic heterocycles. The molecule has 1 aliphatic carbocycles. The summed E-state index contributed by atoms with van der Waals surface area (Å²) in [6.45, 7) is 2.01. The Morgan fingerprint density at radius 3 is 2.37 bits per heavy atom. The molecule has 2 rings (SSSR count). The molecule has 0 unspecified atom stereocenters. The van der Waals surface area contributed by atoms with Gasteiger partial charge in [0.05, 0.1) is 11.3 Å². The van der Waals surface area contributed by atoms with Crippen LogP contribution in [-0.2, 0) is 15.6 Å². The summed E-state index contributed by atoms with van der Waals surface area (Å²) in [7, 11) is -3.18. The summed E-state index contributed by atoms with van der Waals surface area (Å²) < 4.78 is 27.4. The van der Waals surface area contributed by atoms with Crippen LogP contribution in [-0.4, -0.2) is 14.2 Å². The van der Waals surface area contributed by atoms with E-state index in [1.807, 2.05) is 37.3 Å². The zero-order chi connectivity index (χ0) is 13.8. The Hall–Kier alpha value is -0.870. The lowest BCUT2D eigenvalue weighted by Gasteiger charge is -2.30. The van der Waals surface area contributed by atoms with Crippen molar-refractivity contribution >= 4 is 10.0 Å². The zero-order valence-electron chi connectivity index (χ0n) is 11.6. The van der Waals surface area contributed by atoms with E-state index in [-0.39, 0.29) is 11.3 Å². The largest absolute Gasteiger partial charge is 0.212 e. The minimum absolute atomic E-state index is 0.234. The minimum Gasteiger partial charge on any atom is -0.212 e. The summed E-state index contributed by atoms with van der Waals surface area (Å²) >= 11 is 0. The van der Waals surface area contributed by atoms with Crippen molar-refractivity contribution in [3.8, 4) is 0 Å². The molecule has 4 heteroatoms. The van der Waals surface area contributed by atoms with Gasteiger partial charge in [0.2, 0.25) is 10.0 Å². The quantitative estimate of drug-likeness (QED) is 0.870. The zero-order valence-corrected chi connectivity index (χ0v) is 12.4. The van der Waals surface area contributed by atoms with Gasteiger partial charge in [0, 0.05) is 0 Å². The fraction of sp³-hybridized carbons (Fsp3) is 0.600. The van der Waals surface area contributed by atoms with Crippen molar-refractivity contribution in [2.24, 2.45) is 0 Å². The number of hydrogen-bond donors (Lipinski definition) is 1. The van der Waals surface area contributed by atoms with Crippen LogP contribution in [0, 0.1) is 0 Å². The highest BCUT2D eigenvalue weighted by Gasteiger charge is 2.38. The first-order chi connectivity index (χ1) is 9.08. The maximum atomic E-state index is 12.2. The SMILES string of the molecule is CCCCS(=O)(=O)NC1(c2ccccc2)CCCC1. The third-order valence-electron chi connectivity index (χ3n) is 3.90. The van der Waals surface area contributed by atoms with Gasteiger partial charge in [-0.05, 0) is 24.8 Å². The first-order valence-electron chi connectivity index (χ1n) is 7.15. The Morgan fingerprint density at radius 1 is 1.16 bits per heavy atom. The molecular formula is C15H23NO2S. The van der Waals surface area contributed by atoms with Crippen LogP contribution in [0.5, 0.6) is 0 Å². The number of rotatable bonds is 6. The normalized spacial score (nSPS) is 18.6. The van der Waals surface area contributed by atoms with E-state index >= 15 is 0 Å². The molecule has 19 heavy (non-hydrogen) atoms. The highest BCUT2D eigenvalue weighted by atomic mass is 32.2. The Balaban J connectivity index is 2.22. The molecule has 0 spiro atoms. The number of hydrogen-bond acceptors (Lipinski definition) is 2. The Labute approximate surface area is 116 Å². The Bertz CT molecular complexity index is 490. The topological polar surface area (TPSA) is 46.2 Å². The van der Waals surface area contributed by atoms with Gasteiger partial charge in [-0.25, -0.2) is 13.1 Å². The minimum atomic E-state index is -3.18. The second-order valence-electron chi connectivity index (χ2n) is 5.43. The van der Waals surface area contributed by atoms with Gasteiger partial charge in [-0.1, -0.05) is 56.5 Å². The average molecular weight is 281 g/mol. The highest BCUT2D eigenvalue weighted by molar-refractivity contribution is 7.89. The standard InChI is InChI=1S/C15H23NO2S/c1-2-3-13-19(17,18)16-15(11-7-8-12-15)14-9-5-4-6-10-14/h4-6,9-10,16H,2-3,7-8,11-13H2,1H3. The molecule has 1 aromatic carbocycles. The summed E-state index contributed by atoms with van der Waals surface area (Å²) in [5.41, 5.74) is 0.737. The van der Waals surface area contributed by atoms with Crippen molar-refractivity contribution in [3.63, 3.8) is 0 Å². The fourth-order valence-electron chi connectivity index (χ4n) is 2.87. The predicted molar refractivity (Wildman–Crippen MR) is 78.4 cm³/mol. The Morgan fingerprint density at radius 2 is 1.79 bits per heavy atom. The van der Waals surface area contributed by atoms with Crippen molar-refractivity contribution in [2.75, 3.05) is 5.75 Å². The molecule has 106 valence electrons. The van der Waals surface area contributed by atoms with E-state index in [0.717, 1.165) is 44.1 Å². The van der Waals surface area contributed by atoms with Crippen LogP contribution in [0.2, 0.25) is 0 Å². The lowest BCUT2D eigenvalue weighted by Crippen LogP contribution is -2.44. The summed E-state index contributed by atoms with van der Waals surface area (Å²) in [6.07, 6.45) is 5.61. The molecule has 0 aromatic heterocycles. The molecule has 1 N–H and O–H groups in total. The van der Waals surface area contributed by atoms with E-state index in [1.54, 1.807) is 0 Å². The van der Waals surface area contributed by atoms with E-state index in [0.29, 0.717) is 0 Å². The van der Waals surface area contributed by atoms with Gasteiger partial charge in [0.1, 0.15) is 0 Å². The van der Waals surface area contributed by atoms with Crippen LogP contribution >= 0.6 is 0 Å². The number of benzene rings is 1. The summed E-state index contributed by atoms with van der Waals surface area (Å²) in [4.78, 5) is 0. The van der Waals surface area contributed by atoms with Crippen LogP contribution < -0.4 is 4.72 Å². The predicted octanol–water partition coefficient (Wildman–Crippen LogP) is 3.18. The molecule has 0 bridgehead atoms. The monoisotopic (exact) mass is 281 g/mol. The molecule has 1 saturated carbocycles. The van der Waals surface area contributed by atoms with Gasteiger partial charge in [0.15, 0.2) is 0 Å². The van der Waals surface area contributed by atoms with Gasteiger partial charge < -0.3 is 0 Å². The van der Waals surface area contributed by atoms with Crippen LogP contribution in [0.4, 0.5) is 0 Å². The Kier molecular flexibility index (Phi) is 4.63. The molecule has 0 amide bonds. The van der Waals surface area contributed by atoms with Crippen molar-refractivity contribution in [1.82, 2.24) is 4.72 Å². The van der Waals surface area contributed by atoms with Gasteiger partial charge in [0.25, 0.3) is 0 Å². The van der Waals surface area contributed by atoms with E-state index in [4.69, 9.17) is 0 Å². The summed E-state index contributed by atoms with van der Waals surface area (Å²) in [5, 5.41) is 0. The van der Waals surface area contributed by atoms with Crippen LogP contribution in [0.25, 0.3) is 0 Å². The number of nitrogens with one attached hydrogen (secondary N) is 1. The average Bonchev–Trinajstić information content (AvgIpc) is 2.86. The molecule has 3 nitrogen and oxygen atoms in total. The van der Waals surface area contributed by atoms with Crippen LogP contribution in [0.15, 0.2) is 30.3 Å². The highest BCUT2D eigenvalue weighted by Crippen LogP contribution is 2.39. The third-order valence-corrected chi connectivity index (χ3v) is 5.43. The van der Waals surface area contributed by atoms with E-state index < -0.39 is 10.0 Å². The van der Waals surface area contributed by atoms with Crippen LogP contribution in [0.3, 0.4) is 0 Å². The molecular weight excluding hydrogens is 258 g/mol. The van der Waals surface area contributed by atoms with Gasteiger partial charge in [-0.3, -0.25) is 0 Å². The summed E-state index contributed by atoms with van der Waals surface area (Å²) in [6, 6.07) is 10.0. The number of sulfonamides is 1. The van der Waals surface area contributed by atoms with Crippen molar-refractivity contribution in [1.29, 1.82) is 0 Å². The lowest BCUT2D eigenvalue weighted by atomic mass is 9.89. The molecule has 0 saturated heterocycles. The second-order valence-corrected chi connectivity index (χ2v) is 7.27. The molecule has 1 aromatic rings. The summed E-state index contributed by atoms with van der Waals surface area (Å²) in [5.74, 6) is 0.234. The smallest absolute Gasteiger partial charge is 0.212 e. The molecule has 0 radical (unpaired) electrons. The van der Waals surface area contributed by atoms with Gasteiger partial charge >= 0.3 is 0 Å². The fourth-order valence-corrected chi connectivity index (χ4v) is 4.56. The van der Waals surface area contributed by atoms with Gasteiger partial charge in [-0.15, -0.1) is 0 Å². The first kappa shape index (κ1) is 14.5. The van der Waals surface area contributed by atoms with E-state index in [9.17, 15) is 8.42 Å². The first-order valence-corrected chi connectivity index (χ1v) is 8.80. The van der Waals surface area contributed by atoms with E-state index in [1.165, 1.54) is 0 Å². The molecule has 1 aliphatic rings. The van der Waals surface area contributed by atoms with Crippen molar-refractivity contribution in [3.05, 3.63) is 35.9 Å². The van der Waals surface area contributed by atoms with Crippen LogP contribution in [0.1, 0.15) is 51.0 Å². The second kappa shape index (κ2) is 6.06. The maximum absolute atomic E-state index is 12.2. The van der Waals surface area contributed by atoms with Crippen molar-refractivity contribution in [2.45, 2.75) is 51.0 Å². The van der Waals surface area contributed by atoms with E-state index in [2.05, 4.69) is 4.72 Å². The van der Waals surface area contributed by atoms with Gasteiger partial charge in [-0.2, -0.15) is 0 Å². The molecule has 0 heterocycles. The third kappa shape index (κ3) is 3.57. The number of unbranched alkanes of at least 4 members (excludes halogenated alkanes) is 1.